The topological polar surface area (TPSA) is 26.3 Å². The van der Waals surface area contributed by atoms with E-state index in [-0.39, 0.29) is 11.9 Å². The maximum atomic E-state index is 10.6. The summed E-state index contributed by atoms with van der Waals surface area (Å²) >= 11 is 0. The van der Waals surface area contributed by atoms with Crippen molar-refractivity contribution in [1.29, 1.82) is 0 Å². The summed E-state index contributed by atoms with van der Waals surface area (Å²) in [5.41, 5.74) is 0. The summed E-state index contributed by atoms with van der Waals surface area (Å²) in [4.78, 5) is 10.6. The third-order valence-electron chi connectivity index (χ3n) is 1.03. The van der Waals surface area contributed by atoms with Gasteiger partial charge in [-0.3, -0.25) is 4.79 Å². The van der Waals surface area contributed by atoms with E-state index in [9.17, 15) is 4.79 Å². The maximum absolute atomic E-state index is 10.6. The molecule has 0 aromatic rings. The Bertz CT molecular complexity index is 132. The first-order valence-corrected chi connectivity index (χ1v) is 2.73. The highest BCUT2D eigenvalue weighted by Gasteiger charge is 2.09. The van der Waals surface area contributed by atoms with Gasteiger partial charge >= 0.3 is 5.97 Å². The van der Waals surface area contributed by atoms with E-state index in [0.717, 1.165) is 0 Å². The van der Waals surface area contributed by atoms with Gasteiger partial charge in [-0.25, -0.2) is 0 Å². The van der Waals surface area contributed by atoms with Crippen LogP contribution in [0.3, 0.4) is 0 Å². The smallest absolute Gasteiger partial charge is 0.309 e. The summed E-state index contributed by atoms with van der Waals surface area (Å²) in [6, 6.07) is 0. The molecule has 1 unspecified atom stereocenters. The van der Waals surface area contributed by atoms with E-state index in [1.165, 1.54) is 7.11 Å². The lowest BCUT2D eigenvalue weighted by Gasteiger charge is -2.02. The minimum absolute atomic E-state index is 0.167. The summed E-state index contributed by atoms with van der Waals surface area (Å²) in [5.74, 6) is 1.97. The molecule has 0 amide bonds. The summed E-state index contributed by atoms with van der Waals surface area (Å²) in [6.45, 7) is 1.74. The highest BCUT2D eigenvalue weighted by molar-refractivity contribution is 5.72. The summed E-state index contributed by atoms with van der Waals surface area (Å²) in [7, 11) is 1.36. The number of methoxy groups -OCH3 is 1. The minimum Gasteiger partial charge on any atom is -0.469 e. The molecular formula is C7H10O2. The molecule has 0 fully saturated rings. The van der Waals surface area contributed by atoms with Crippen LogP contribution in [0.1, 0.15) is 13.3 Å². The van der Waals surface area contributed by atoms with Crippen LogP contribution < -0.4 is 0 Å². The Morgan fingerprint density at radius 1 is 1.89 bits per heavy atom. The van der Waals surface area contributed by atoms with E-state index in [0.29, 0.717) is 6.42 Å². The van der Waals surface area contributed by atoms with Gasteiger partial charge in [0, 0.05) is 6.42 Å². The quantitative estimate of drug-likeness (QED) is 0.404. The molecular weight excluding hydrogens is 116 g/mol. The molecule has 0 saturated heterocycles. The highest BCUT2D eigenvalue weighted by Crippen LogP contribution is 2.00. The lowest BCUT2D eigenvalue weighted by Crippen LogP contribution is -2.11. The minimum atomic E-state index is -0.243. The van der Waals surface area contributed by atoms with Crippen LogP contribution >= 0.6 is 0 Å². The lowest BCUT2D eigenvalue weighted by atomic mass is 10.1. The Hall–Kier alpha value is -0.970. The summed E-state index contributed by atoms with van der Waals surface area (Å²) in [5, 5.41) is 0. The molecule has 0 radical (unpaired) electrons. The van der Waals surface area contributed by atoms with Crippen molar-refractivity contribution in [2.24, 2.45) is 5.92 Å². The number of terminal acetylenes is 1. The number of ether oxygens (including phenoxy) is 1. The predicted octanol–water partition coefficient (Wildman–Crippen LogP) is 0.819. The largest absolute Gasteiger partial charge is 0.469 e. The highest BCUT2D eigenvalue weighted by atomic mass is 16.5. The molecule has 0 N–H and O–H groups in total. The molecule has 9 heavy (non-hydrogen) atoms. The molecule has 2 nitrogen and oxygen atoms in total. The summed E-state index contributed by atoms with van der Waals surface area (Å²) in [6.07, 6.45) is 5.42. The van der Waals surface area contributed by atoms with Crippen molar-refractivity contribution in [3.8, 4) is 12.3 Å². The van der Waals surface area contributed by atoms with Crippen molar-refractivity contribution >= 4 is 5.97 Å². The molecule has 0 aliphatic heterocycles. The first-order valence-electron chi connectivity index (χ1n) is 2.73. The Labute approximate surface area is 55.2 Å². The van der Waals surface area contributed by atoms with Crippen LogP contribution in [-0.4, -0.2) is 13.1 Å². The van der Waals surface area contributed by atoms with E-state index in [1.807, 2.05) is 0 Å². The Balaban J connectivity index is 3.62. The van der Waals surface area contributed by atoms with E-state index < -0.39 is 0 Å². The van der Waals surface area contributed by atoms with Crippen LogP contribution in [0.15, 0.2) is 0 Å². The van der Waals surface area contributed by atoms with Crippen LogP contribution in [0.25, 0.3) is 0 Å². The number of hydrogen-bond donors (Lipinski definition) is 0. The van der Waals surface area contributed by atoms with Gasteiger partial charge in [-0.05, 0) is 0 Å². The van der Waals surface area contributed by atoms with Gasteiger partial charge in [-0.2, -0.15) is 0 Å². The van der Waals surface area contributed by atoms with E-state index in [4.69, 9.17) is 6.42 Å². The van der Waals surface area contributed by atoms with E-state index in [1.54, 1.807) is 6.92 Å². The van der Waals surface area contributed by atoms with Crippen LogP contribution in [0.5, 0.6) is 0 Å². The van der Waals surface area contributed by atoms with Gasteiger partial charge in [0.25, 0.3) is 0 Å². The van der Waals surface area contributed by atoms with Crippen LogP contribution in [0.4, 0.5) is 0 Å². The van der Waals surface area contributed by atoms with Crippen LogP contribution in [0, 0.1) is 18.3 Å². The van der Waals surface area contributed by atoms with Crippen LogP contribution in [-0.2, 0) is 9.53 Å². The zero-order valence-electron chi connectivity index (χ0n) is 5.68. The fraction of sp³-hybridized carbons (Fsp3) is 0.571. The molecule has 0 spiro atoms. The van der Waals surface area contributed by atoms with Gasteiger partial charge < -0.3 is 4.74 Å². The molecule has 0 aromatic heterocycles. The van der Waals surface area contributed by atoms with Gasteiger partial charge in [-0.15, -0.1) is 12.3 Å². The van der Waals surface area contributed by atoms with Gasteiger partial charge in [-0.1, -0.05) is 6.92 Å². The number of hydrogen-bond acceptors (Lipinski definition) is 2. The van der Waals surface area contributed by atoms with Gasteiger partial charge in [0.05, 0.1) is 13.0 Å². The van der Waals surface area contributed by atoms with Crippen molar-refractivity contribution in [1.82, 2.24) is 0 Å². The van der Waals surface area contributed by atoms with E-state index in [2.05, 4.69) is 10.7 Å². The van der Waals surface area contributed by atoms with Gasteiger partial charge in [0.1, 0.15) is 0 Å². The molecule has 0 saturated carbocycles. The maximum Gasteiger partial charge on any atom is 0.309 e. The van der Waals surface area contributed by atoms with E-state index >= 15 is 0 Å². The second-order valence-electron chi connectivity index (χ2n) is 1.83. The molecule has 0 aliphatic rings. The Morgan fingerprint density at radius 2 is 2.44 bits per heavy atom. The zero-order chi connectivity index (χ0) is 7.28. The molecule has 0 rings (SSSR count). The normalized spacial score (nSPS) is 11.7. The molecule has 2 heteroatoms. The lowest BCUT2D eigenvalue weighted by molar-refractivity contribution is -0.144. The molecule has 0 heterocycles. The van der Waals surface area contributed by atoms with Crippen molar-refractivity contribution < 1.29 is 9.53 Å². The average molecular weight is 126 g/mol. The number of rotatable bonds is 2. The Kier molecular flexibility index (Phi) is 3.54. The third-order valence-corrected chi connectivity index (χ3v) is 1.03. The SMILES string of the molecule is C#CCC(C)C(=O)OC. The number of carbonyl (C=O) groups is 1. The second-order valence-corrected chi connectivity index (χ2v) is 1.83. The molecule has 1 atom stereocenters. The zero-order valence-corrected chi connectivity index (χ0v) is 5.68. The second kappa shape index (κ2) is 3.96. The third kappa shape index (κ3) is 2.76. The monoisotopic (exact) mass is 126 g/mol. The summed E-state index contributed by atoms with van der Waals surface area (Å²) < 4.78 is 4.43. The Morgan fingerprint density at radius 3 is 2.78 bits per heavy atom. The van der Waals surface area contributed by atoms with Gasteiger partial charge in [0.2, 0.25) is 0 Å². The first kappa shape index (κ1) is 8.03. The van der Waals surface area contributed by atoms with Crippen molar-refractivity contribution in [2.75, 3.05) is 7.11 Å². The first-order chi connectivity index (χ1) is 4.22. The van der Waals surface area contributed by atoms with Crippen LogP contribution in [0.2, 0.25) is 0 Å². The number of carbonyl (C=O) groups excluding carboxylic acids is 1. The predicted molar refractivity (Wildman–Crippen MR) is 34.6 cm³/mol. The molecule has 0 bridgehead atoms. The average Bonchev–Trinajstić information content (AvgIpc) is 1.87. The van der Waals surface area contributed by atoms with Crippen molar-refractivity contribution in [3.05, 3.63) is 0 Å². The standard InChI is InChI=1S/C7H10O2/c1-4-5-6(2)7(8)9-3/h1,6H,5H2,2-3H3. The molecule has 0 aromatic carbocycles. The fourth-order valence-corrected chi connectivity index (χ4v) is 0.461. The number of esters is 1. The molecule has 50 valence electrons. The fourth-order valence-electron chi connectivity index (χ4n) is 0.461. The molecule has 0 aliphatic carbocycles. The van der Waals surface area contributed by atoms with Crippen molar-refractivity contribution in [2.45, 2.75) is 13.3 Å². The van der Waals surface area contributed by atoms with Gasteiger partial charge in [0.15, 0.2) is 0 Å². The van der Waals surface area contributed by atoms with Crippen molar-refractivity contribution in [3.63, 3.8) is 0 Å².